The van der Waals surface area contributed by atoms with Crippen LogP contribution in [0.15, 0.2) is 0 Å². The summed E-state index contributed by atoms with van der Waals surface area (Å²) in [5.41, 5.74) is 0. The highest BCUT2D eigenvalue weighted by Crippen LogP contribution is 2.17. The Morgan fingerprint density at radius 3 is 2.00 bits per heavy atom. The van der Waals surface area contributed by atoms with E-state index in [0.717, 1.165) is 32.1 Å². The Morgan fingerprint density at radius 1 is 0.933 bits per heavy atom. The fourth-order valence-electron chi connectivity index (χ4n) is 1.84. The van der Waals surface area contributed by atoms with Crippen molar-refractivity contribution in [2.45, 2.75) is 71.6 Å². The van der Waals surface area contributed by atoms with E-state index in [4.69, 9.17) is 5.11 Å². The van der Waals surface area contributed by atoms with Crippen molar-refractivity contribution < 1.29 is 9.90 Å². The van der Waals surface area contributed by atoms with Gasteiger partial charge in [0.1, 0.15) is 0 Å². The standard InChI is InChI=1S/C13H26O2/c1-3-5-7-8-9-11-12(13(14)15)10-6-4-2/h12H,3-11H2,1-2H3,(H,14,15). The lowest BCUT2D eigenvalue weighted by atomic mass is 9.95. The molecule has 2 nitrogen and oxygen atoms in total. The molecule has 0 aliphatic rings. The van der Waals surface area contributed by atoms with Crippen LogP contribution in [-0.2, 0) is 4.79 Å². The van der Waals surface area contributed by atoms with Crippen LogP contribution in [0.4, 0.5) is 0 Å². The van der Waals surface area contributed by atoms with Gasteiger partial charge in [0, 0.05) is 0 Å². The van der Waals surface area contributed by atoms with E-state index in [-0.39, 0.29) is 5.92 Å². The molecule has 0 saturated heterocycles. The van der Waals surface area contributed by atoms with E-state index in [1.54, 1.807) is 0 Å². The van der Waals surface area contributed by atoms with E-state index in [0.29, 0.717) is 0 Å². The summed E-state index contributed by atoms with van der Waals surface area (Å²) in [7, 11) is 0. The van der Waals surface area contributed by atoms with Crippen LogP contribution in [0.2, 0.25) is 0 Å². The van der Waals surface area contributed by atoms with Gasteiger partial charge >= 0.3 is 5.97 Å². The molecule has 1 unspecified atom stereocenters. The minimum absolute atomic E-state index is 0.0911. The molecule has 0 aliphatic heterocycles. The van der Waals surface area contributed by atoms with Crippen molar-refractivity contribution in [3.63, 3.8) is 0 Å². The maximum Gasteiger partial charge on any atom is 0.306 e. The maximum absolute atomic E-state index is 10.9. The zero-order valence-electron chi connectivity index (χ0n) is 10.3. The average Bonchev–Trinajstić information content (AvgIpc) is 2.21. The maximum atomic E-state index is 10.9. The van der Waals surface area contributed by atoms with Crippen molar-refractivity contribution in [1.82, 2.24) is 0 Å². The first-order valence-electron chi connectivity index (χ1n) is 6.45. The van der Waals surface area contributed by atoms with Gasteiger partial charge in [-0.05, 0) is 12.8 Å². The van der Waals surface area contributed by atoms with Crippen LogP contribution in [-0.4, -0.2) is 11.1 Å². The van der Waals surface area contributed by atoms with Crippen molar-refractivity contribution in [2.24, 2.45) is 5.92 Å². The number of hydrogen-bond acceptors (Lipinski definition) is 1. The van der Waals surface area contributed by atoms with Crippen molar-refractivity contribution >= 4 is 5.97 Å². The number of carboxylic acid groups (broad SMARTS) is 1. The smallest absolute Gasteiger partial charge is 0.306 e. The second-order valence-corrected chi connectivity index (χ2v) is 4.38. The Bertz CT molecular complexity index is 155. The Labute approximate surface area is 94.1 Å². The summed E-state index contributed by atoms with van der Waals surface area (Å²) < 4.78 is 0. The van der Waals surface area contributed by atoms with Gasteiger partial charge in [-0.3, -0.25) is 4.79 Å². The molecule has 2 heteroatoms. The zero-order chi connectivity index (χ0) is 11.5. The second-order valence-electron chi connectivity index (χ2n) is 4.38. The highest BCUT2D eigenvalue weighted by atomic mass is 16.4. The first kappa shape index (κ1) is 14.5. The van der Waals surface area contributed by atoms with Gasteiger partial charge in [0.05, 0.1) is 5.92 Å². The third-order valence-electron chi connectivity index (χ3n) is 2.91. The fourth-order valence-corrected chi connectivity index (χ4v) is 1.84. The van der Waals surface area contributed by atoms with Gasteiger partial charge in [0.2, 0.25) is 0 Å². The quantitative estimate of drug-likeness (QED) is 0.552. The first-order chi connectivity index (χ1) is 7.22. The number of unbranched alkanes of at least 4 members (excludes halogenated alkanes) is 5. The summed E-state index contributed by atoms with van der Waals surface area (Å²) in [6.45, 7) is 4.31. The van der Waals surface area contributed by atoms with Crippen LogP contribution in [0.1, 0.15) is 71.6 Å². The summed E-state index contributed by atoms with van der Waals surface area (Å²) in [6.07, 6.45) is 9.95. The minimum Gasteiger partial charge on any atom is -0.481 e. The molecule has 0 rings (SSSR count). The molecular weight excluding hydrogens is 188 g/mol. The third-order valence-corrected chi connectivity index (χ3v) is 2.91. The Hall–Kier alpha value is -0.530. The van der Waals surface area contributed by atoms with E-state index < -0.39 is 5.97 Å². The highest BCUT2D eigenvalue weighted by molar-refractivity contribution is 5.69. The van der Waals surface area contributed by atoms with Crippen molar-refractivity contribution in [1.29, 1.82) is 0 Å². The molecule has 0 aromatic carbocycles. The molecule has 0 radical (unpaired) electrons. The number of rotatable bonds is 10. The van der Waals surface area contributed by atoms with Crippen LogP contribution >= 0.6 is 0 Å². The molecule has 90 valence electrons. The summed E-state index contributed by atoms with van der Waals surface area (Å²) in [5, 5.41) is 9.00. The minimum atomic E-state index is -0.598. The molecular formula is C13H26O2. The second kappa shape index (κ2) is 10.0. The van der Waals surface area contributed by atoms with Crippen molar-refractivity contribution in [2.75, 3.05) is 0 Å². The average molecular weight is 214 g/mol. The van der Waals surface area contributed by atoms with E-state index in [2.05, 4.69) is 13.8 Å². The number of aliphatic carboxylic acids is 1. The lowest BCUT2D eigenvalue weighted by Crippen LogP contribution is -2.13. The molecule has 0 fully saturated rings. The summed E-state index contributed by atoms with van der Waals surface area (Å²) in [4.78, 5) is 10.9. The largest absolute Gasteiger partial charge is 0.481 e. The van der Waals surface area contributed by atoms with Crippen LogP contribution < -0.4 is 0 Å². The van der Waals surface area contributed by atoms with Gasteiger partial charge in [0.25, 0.3) is 0 Å². The van der Waals surface area contributed by atoms with Crippen LogP contribution in [0.5, 0.6) is 0 Å². The molecule has 0 aliphatic carbocycles. The fraction of sp³-hybridized carbons (Fsp3) is 0.923. The lowest BCUT2D eigenvalue weighted by molar-refractivity contribution is -0.142. The molecule has 1 N–H and O–H groups in total. The summed E-state index contributed by atoms with van der Waals surface area (Å²) in [6, 6.07) is 0. The SMILES string of the molecule is CCCCCCCC(CCCC)C(=O)O. The zero-order valence-corrected chi connectivity index (χ0v) is 10.3. The Kier molecular flexibility index (Phi) is 9.65. The third kappa shape index (κ3) is 8.46. The molecule has 0 aromatic heterocycles. The van der Waals surface area contributed by atoms with E-state index >= 15 is 0 Å². The first-order valence-corrected chi connectivity index (χ1v) is 6.45. The molecule has 0 heterocycles. The van der Waals surface area contributed by atoms with Gasteiger partial charge < -0.3 is 5.11 Å². The van der Waals surface area contributed by atoms with Gasteiger partial charge in [-0.15, -0.1) is 0 Å². The summed E-state index contributed by atoms with van der Waals surface area (Å²) in [5.74, 6) is -0.689. The topological polar surface area (TPSA) is 37.3 Å². The Balaban J connectivity index is 3.53. The van der Waals surface area contributed by atoms with E-state index in [1.165, 1.54) is 25.7 Å². The van der Waals surface area contributed by atoms with Crippen LogP contribution in [0, 0.1) is 5.92 Å². The Morgan fingerprint density at radius 2 is 1.47 bits per heavy atom. The van der Waals surface area contributed by atoms with Gasteiger partial charge in [-0.2, -0.15) is 0 Å². The van der Waals surface area contributed by atoms with E-state index in [1.807, 2.05) is 0 Å². The predicted octanol–water partition coefficient (Wildman–Crippen LogP) is 4.24. The van der Waals surface area contributed by atoms with E-state index in [9.17, 15) is 4.79 Å². The van der Waals surface area contributed by atoms with Crippen LogP contribution in [0.25, 0.3) is 0 Å². The summed E-state index contributed by atoms with van der Waals surface area (Å²) >= 11 is 0. The molecule has 0 spiro atoms. The number of carboxylic acids is 1. The molecule has 0 bridgehead atoms. The lowest BCUT2D eigenvalue weighted by Gasteiger charge is -2.11. The monoisotopic (exact) mass is 214 g/mol. The molecule has 0 saturated carbocycles. The van der Waals surface area contributed by atoms with Gasteiger partial charge in [-0.25, -0.2) is 0 Å². The molecule has 1 atom stereocenters. The van der Waals surface area contributed by atoms with Crippen molar-refractivity contribution in [3.05, 3.63) is 0 Å². The molecule has 15 heavy (non-hydrogen) atoms. The van der Waals surface area contributed by atoms with Gasteiger partial charge in [0.15, 0.2) is 0 Å². The predicted molar refractivity (Wildman–Crippen MR) is 64.0 cm³/mol. The number of hydrogen-bond donors (Lipinski definition) is 1. The molecule has 0 amide bonds. The normalized spacial score (nSPS) is 12.7. The van der Waals surface area contributed by atoms with Crippen molar-refractivity contribution in [3.8, 4) is 0 Å². The van der Waals surface area contributed by atoms with Gasteiger partial charge in [-0.1, -0.05) is 58.8 Å². The number of carbonyl (C=O) groups is 1. The molecule has 0 aromatic rings. The van der Waals surface area contributed by atoms with Crippen LogP contribution in [0.3, 0.4) is 0 Å². The highest BCUT2D eigenvalue weighted by Gasteiger charge is 2.15.